The first-order chi connectivity index (χ1) is 8.37. The zero-order valence-electron chi connectivity index (χ0n) is 10.9. The smallest absolute Gasteiger partial charge is 0.339 e. The summed E-state index contributed by atoms with van der Waals surface area (Å²) < 4.78 is 11.5. The van der Waals surface area contributed by atoms with Gasteiger partial charge in [-0.05, 0) is 45.7 Å². The molecule has 1 saturated carbocycles. The van der Waals surface area contributed by atoms with Crippen molar-refractivity contribution in [3.05, 3.63) is 23.8 Å². The predicted octanol–water partition coefficient (Wildman–Crippen LogP) is 3.10. The van der Waals surface area contributed by atoms with Gasteiger partial charge in [0, 0.05) is 0 Å². The Labute approximate surface area is 107 Å². The monoisotopic (exact) mass is 250 g/mol. The maximum atomic E-state index is 11.2. The number of hydrogen-bond donors (Lipinski definition) is 1. The second kappa shape index (κ2) is 4.52. The third-order valence-corrected chi connectivity index (χ3v) is 2.44. The largest absolute Gasteiger partial charge is 0.487 e. The number of carboxylic acids is 1. The van der Waals surface area contributed by atoms with E-state index in [1.54, 1.807) is 12.1 Å². The van der Waals surface area contributed by atoms with Gasteiger partial charge in [0.15, 0.2) is 11.5 Å². The van der Waals surface area contributed by atoms with Gasteiger partial charge >= 0.3 is 5.97 Å². The number of carboxylic acid groups (broad SMARTS) is 1. The zero-order chi connectivity index (χ0) is 13.3. The van der Waals surface area contributed by atoms with Gasteiger partial charge in [0.1, 0.15) is 11.2 Å². The Morgan fingerprint density at radius 1 is 1.33 bits per heavy atom. The minimum absolute atomic E-state index is 0.142. The molecule has 0 aliphatic heterocycles. The lowest BCUT2D eigenvalue weighted by Crippen LogP contribution is -2.24. The number of carbonyl (C=O) groups is 1. The summed E-state index contributed by atoms with van der Waals surface area (Å²) in [5.41, 5.74) is -0.323. The third kappa shape index (κ3) is 3.15. The van der Waals surface area contributed by atoms with E-state index in [0.717, 1.165) is 12.8 Å². The molecular weight excluding hydrogens is 232 g/mol. The molecule has 1 aromatic rings. The maximum Gasteiger partial charge on any atom is 0.339 e. The highest BCUT2D eigenvalue weighted by Gasteiger charge is 2.28. The Bertz CT molecular complexity index is 455. The van der Waals surface area contributed by atoms with E-state index < -0.39 is 11.6 Å². The Morgan fingerprint density at radius 2 is 2.00 bits per heavy atom. The number of hydrogen-bond acceptors (Lipinski definition) is 3. The van der Waals surface area contributed by atoms with Gasteiger partial charge in [-0.15, -0.1) is 0 Å². The van der Waals surface area contributed by atoms with Crippen LogP contribution in [0.3, 0.4) is 0 Å². The zero-order valence-corrected chi connectivity index (χ0v) is 10.9. The van der Waals surface area contributed by atoms with Crippen LogP contribution in [0.5, 0.6) is 11.5 Å². The van der Waals surface area contributed by atoms with Crippen molar-refractivity contribution in [3.63, 3.8) is 0 Å². The van der Waals surface area contributed by atoms with E-state index in [0.29, 0.717) is 11.5 Å². The van der Waals surface area contributed by atoms with Gasteiger partial charge < -0.3 is 14.6 Å². The summed E-state index contributed by atoms with van der Waals surface area (Å²) in [7, 11) is 0. The molecule has 0 aromatic heterocycles. The van der Waals surface area contributed by atoms with Crippen molar-refractivity contribution in [2.75, 3.05) is 0 Å². The lowest BCUT2D eigenvalue weighted by atomic mass is 10.1. The van der Waals surface area contributed by atoms with Crippen molar-refractivity contribution in [2.24, 2.45) is 0 Å². The quantitative estimate of drug-likeness (QED) is 0.892. The molecule has 4 nitrogen and oxygen atoms in total. The van der Waals surface area contributed by atoms with Crippen molar-refractivity contribution in [2.45, 2.75) is 45.3 Å². The van der Waals surface area contributed by atoms with Crippen LogP contribution in [0.4, 0.5) is 0 Å². The van der Waals surface area contributed by atoms with Crippen LogP contribution in [0.25, 0.3) is 0 Å². The van der Waals surface area contributed by atoms with Crippen LogP contribution in [0, 0.1) is 0 Å². The predicted molar refractivity (Wildman–Crippen MR) is 67.4 cm³/mol. The molecule has 2 rings (SSSR count). The highest BCUT2D eigenvalue weighted by Crippen LogP contribution is 2.37. The summed E-state index contributed by atoms with van der Waals surface area (Å²) in [6.45, 7) is 5.64. The lowest BCUT2D eigenvalue weighted by Gasteiger charge is -2.24. The molecule has 1 fully saturated rings. The first-order valence-corrected chi connectivity index (χ1v) is 6.09. The molecule has 0 atom stereocenters. The van der Waals surface area contributed by atoms with Crippen LogP contribution in [-0.4, -0.2) is 22.8 Å². The van der Waals surface area contributed by atoms with E-state index in [1.165, 1.54) is 6.07 Å². The molecule has 0 amide bonds. The normalized spacial score (nSPS) is 15.3. The van der Waals surface area contributed by atoms with Crippen LogP contribution in [0.1, 0.15) is 44.0 Å². The SMILES string of the molecule is CC(C)(C)Oc1c(OC2CC2)cccc1C(=O)O. The first-order valence-electron chi connectivity index (χ1n) is 6.09. The summed E-state index contributed by atoms with van der Waals surface area (Å²) in [6, 6.07) is 4.96. The van der Waals surface area contributed by atoms with Crippen LogP contribution >= 0.6 is 0 Å². The summed E-state index contributed by atoms with van der Waals surface area (Å²) in [6.07, 6.45) is 2.25. The van der Waals surface area contributed by atoms with Crippen LogP contribution in [0.2, 0.25) is 0 Å². The van der Waals surface area contributed by atoms with E-state index >= 15 is 0 Å². The third-order valence-electron chi connectivity index (χ3n) is 2.44. The van der Waals surface area contributed by atoms with E-state index in [1.807, 2.05) is 20.8 Å². The average molecular weight is 250 g/mol. The minimum Gasteiger partial charge on any atom is -0.487 e. The first kappa shape index (κ1) is 12.7. The molecule has 0 spiro atoms. The van der Waals surface area contributed by atoms with Crippen LogP contribution in [0.15, 0.2) is 18.2 Å². The highest BCUT2D eigenvalue weighted by atomic mass is 16.5. The summed E-state index contributed by atoms with van der Waals surface area (Å²) >= 11 is 0. The van der Waals surface area contributed by atoms with Gasteiger partial charge in [0.2, 0.25) is 0 Å². The molecule has 1 aromatic carbocycles. The second-order valence-corrected chi connectivity index (χ2v) is 5.47. The molecule has 0 saturated heterocycles. The van der Waals surface area contributed by atoms with Crippen LogP contribution < -0.4 is 9.47 Å². The number of benzene rings is 1. The molecule has 0 radical (unpaired) electrons. The Morgan fingerprint density at radius 3 is 2.50 bits per heavy atom. The minimum atomic E-state index is -1.00. The molecule has 0 heterocycles. The molecule has 4 heteroatoms. The van der Waals surface area contributed by atoms with Gasteiger partial charge in [-0.2, -0.15) is 0 Å². The molecule has 98 valence electrons. The summed E-state index contributed by atoms with van der Waals surface area (Å²) in [5.74, 6) is -0.160. The molecule has 1 aliphatic carbocycles. The fourth-order valence-electron chi connectivity index (χ4n) is 1.55. The molecular formula is C14H18O4. The Balaban J connectivity index is 2.37. The standard InChI is InChI=1S/C14H18O4/c1-14(2,3)18-12-10(13(15)16)5-4-6-11(12)17-9-7-8-9/h4-6,9H,7-8H2,1-3H3,(H,15,16). The Hall–Kier alpha value is -1.71. The highest BCUT2D eigenvalue weighted by molar-refractivity contribution is 5.92. The van der Waals surface area contributed by atoms with E-state index in [9.17, 15) is 9.90 Å². The van der Waals surface area contributed by atoms with Crippen molar-refractivity contribution in [1.82, 2.24) is 0 Å². The van der Waals surface area contributed by atoms with Gasteiger partial charge in [-0.3, -0.25) is 0 Å². The van der Waals surface area contributed by atoms with Crippen molar-refractivity contribution >= 4 is 5.97 Å². The fourth-order valence-corrected chi connectivity index (χ4v) is 1.55. The molecule has 0 bridgehead atoms. The van der Waals surface area contributed by atoms with E-state index in [-0.39, 0.29) is 11.7 Å². The van der Waals surface area contributed by atoms with Crippen LogP contribution in [-0.2, 0) is 0 Å². The number of aromatic carboxylic acids is 1. The molecule has 1 aliphatic rings. The van der Waals surface area contributed by atoms with E-state index in [2.05, 4.69) is 0 Å². The summed E-state index contributed by atoms with van der Waals surface area (Å²) in [5, 5.41) is 9.20. The average Bonchev–Trinajstić information content (AvgIpc) is 3.02. The lowest BCUT2D eigenvalue weighted by molar-refractivity contribution is 0.0677. The van der Waals surface area contributed by atoms with Gasteiger partial charge in [0.25, 0.3) is 0 Å². The maximum absolute atomic E-state index is 11.2. The Kier molecular flexibility index (Phi) is 3.20. The van der Waals surface area contributed by atoms with Gasteiger partial charge in [-0.25, -0.2) is 4.79 Å². The number of ether oxygens (including phenoxy) is 2. The van der Waals surface area contributed by atoms with E-state index in [4.69, 9.17) is 9.47 Å². The fraction of sp³-hybridized carbons (Fsp3) is 0.500. The van der Waals surface area contributed by atoms with Gasteiger partial charge in [0.05, 0.1) is 6.10 Å². The molecule has 1 N–H and O–H groups in total. The summed E-state index contributed by atoms with van der Waals surface area (Å²) in [4.78, 5) is 11.2. The van der Waals surface area contributed by atoms with Crippen molar-refractivity contribution in [3.8, 4) is 11.5 Å². The topological polar surface area (TPSA) is 55.8 Å². The number of rotatable bonds is 4. The van der Waals surface area contributed by atoms with Crippen molar-refractivity contribution < 1.29 is 19.4 Å². The second-order valence-electron chi connectivity index (χ2n) is 5.47. The number of para-hydroxylation sites is 1. The molecule has 18 heavy (non-hydrogen) atoms. The molecule has 0 unspecified atom stereocenters. The van der Waals surface area contributed by atoms with Gasteiger partial charge in [-0.1, -0.05) is 6.07 Å². The van der Waals surface area contributed by atoms with Crippen molar-refractivity contribution in [1.29, 1.82) is 0 Å².